The van der Waals surface area contributed by atoms with Crippen LogP contribution >= 0.6 is 0 Å². The van der Waals surface area contributed by atoms with Gasteiger partial charge in [0, 0.05) is 6.20 Å². The molecule has 0 radical (unpaired) electrons. The van der Waals surface area contributed by atoms with E-state index in [9.17, 15) is 0 Å². The van der Waals surface area contributed by atoms with Gasteiger partial charge in [0.05, 0.1) is 7.11 Å². The number of nitrogens with zero attached hydrogens (tertiary/aromatic N) is 1. The zero-order chi connectivity index (χ0) is 9.68. The van der Waals surface area contributed by atoms with E-state index in [1.165, 1.54) is 19.4 Å². The Hall–Kier alpha value is -1.31. The summed E-state index contributed by atoms with van der Waals surface area (Å²) in [5.74, 6) is 0.366. The molecule has 0 spiro atoms. The predicted octanol–water partition coefficient (Wildman–Crippen LogP) is -0.0642. The molecule has 0 saturated carbocycles. The summed E-state index contributed by atoms with van der Waals surface area (Å²) >= 11 is 0. The zero-order valence-corrected chi connectivity index (χ0v) is 6.88. The second kappa shape index (κ2) is 4.66. The Balaban J connectivity index is 2.74. The minimum atomic E-state index is -1.75. The van der Waals surface area contributed by atoms with Gasteiger partial charge in [-0.1, -0.05) is 0 Å². The highest BCUT2D eigenvalue weighted by Gasteiger charge is 2.20. The average molecular weight is 185 g/mol. The van der Waals surface area contributed by atoms with Crippen LogP contribution in [0.15, 0.2) is 18.3 Å². The Morgan fingerprint density at radius 1 is 1.54 bits per heavy atom. The van der Waals surface area contributed by atoms with E-state index in [2.05, 4.69) is 14.4 Å². The molecule has 0 unspecified atom stereocenters. The molecule has 0 aliphatic carbocycles. The monoisotopic (exact) mass is 185 g/mol. The van der Waals surface area contributed by atoms with E-state index < -0.39 is 7.32 Å². The smallest absolute Gasteiger partial charge is 0.506 e. The van der Waals surface area contributed by atoms with E-state index in [1.807, 2.05) is 0 Å². The van der Waals surface area contributed by atoms with Crippen molar-refractivity contribution in [2.75, 3.05) is 7.11 Å². The number of pyridine rings is 1. The van der Waals surface area contributed by atoms with Crippen molar-refractivity contribution in [1.82, 2.24) is 4.98 Å². The van der Waals surface area contributed by atoms with Crippen LogP contribution in [0.2, 0.25) is 0 Å². The first-order valence-electron chi connectivity index (χ1n) is 3.42. The molecule has 0 aromatic carbocycles. The fourth-order valence-corrected chi connectivity index (χ4v) is 0.749. The van der Waals surface area contributed by atoms with Gasteiger partial charge < -0.3 is 14.4 Å². The second-order valence-corrected chi connectivity index (χ2v) is 2.04. The Labute approximate surface area is 74.8 Å². The molecule has 0 atom stereocenters. The van der Waals surface area contributed by atoms with Gasteiger partial charge in [-0.05, 0) is 12.1 Å². The van der Waals surface area contributed by atoms with Crippen molar-refractivity contribution in [1.29, 1.82) is 0 Å². The van der Waals surface area contributed by atoms with Crippen molar-refractivity contribution in [2.24, 2.45) is 0 Å². The number of methoxy groups -OCH3 is 1. The van der Waals surface area contributed by atoms with Crippen molar-refractivity contribution < 1.29 is 24.5 Å². The number of aromatic nitrogens is 1. The van der Waals surface area contributed by atoms with Gasteiger partial charge in [-0.15, -0.1) is 0 Å². The van der Waals surface area contributed by atoms with Crippen molar-refractivity contribution in [3.05, 3.63) is 18.3 Å². The van der Waals surface area contributed by atoms with E-state index in [-0.39, 0.29) is 11.6 Å². The molecule has 1 aromatic heterocycles. The maximum atomic E-state index is 8.75. The fraction of sp³-hybridized carbons (Fsp3) is 0.167. The molecule has 0 amide bonds. The maximum absolute atomic E-state index is 8.75. The highest BCUT2D eigenvalue weighted by atomic mass is 17.1. The predicted molar refractivity (Wildman–Crippen MR) is 43.1 cm³/mol. The Morgan fingerprint density at radius 2 is 2.31 bits per heavy atom. The van der Waals surface area contributed by atoms with E-state index >= 15 is 0 Å². The first-order valence-corrected chi connectivity index (χ1v) is 3.42. The van der Waals surface area contributed by atoms with E-state index in [4.69, 9.17) is 15.0 Å². The third-order valence-corrected chi connectivity index (χ3v) is 1.25. The Morgan fingerprint density at radius 3 is 2.92 bits per heavy atom. The van der Waals surface area contributed by atoms with Crippen LogP contribution in [-0.4, -0.2) is 29.7 Å². The standard InChI is InChI=1S/C6H8BNO5/c1-11-6-5(3-2-4-8-6)12-7(9)13-10/h2-4,9-10H,1H3. The van der Waals surface area contributed by atoms with Crippen molar-refractivity contribution >= 4 is 7.32 Å². The third kappa shape index (κ3) is 2.58. The minimum absolute atomic E-state index is 0.173. The topological polar surface area (TPSA) is 81.0 Å². The quantitative estimate of drug-likeness (QED) is 0.388. The van der Waals surface area contributed by atoms with E-state index in [0.717, 1.165) is 0 Å². The van der Waals surface area contributed by atoms with E-state index in [1.54, 1.807) is 6.07 Å². The molecule has 1 heterocycles. The van der Waals surface area contributed by atoms with Crippen LogP contribution in [0.5, 0.6) is 11.6 Å². The van der Waals surface area contributed by atoms with Gasteiger partial charge in [0.1, 0.15) is 0 Å². The van der Waals surface area contributed by atoms with Gasteiger partial charge in [0.2, 0.25) is 0 Å². The number of hydrogen-bond donors (Lipinski definition) is 2. The van der Waals surface area contributed by atoms with Gasteiger partial charge in [-0.2, -0.15) is 0 Å². The maximum Gasteiger partial charge on any atom is 0.739 e. The summed E-state index contributed by atoms with van der Waals surface area (Å²) in [5, 5.41) is 16.8. The lowest BCUT2D eigenvalue weighted by atomic mass is 10.2. The highest BCUT2D eigenvalue weighted by molar-refractivity contribution is 6.35. The van der Waals surface area contributed by atoms with Crippen molar-refractivity contribution in [3.8, 4) is 11.6 Å². The lowest BCUT2D eigenvalue weighted by Gasteiger charge is -2.08. The lowest BCUT2D eigenvalue weighted by molar-refractivity contribution is -0.171. The van der Waals surface area contributed by atoms with Crippen LogP contribution < -0.4 is 9.39 Å². The molecule has 1 aromatic rings. The van der Waals surface area contributed by atoms with Crippen LogP contribution in [-0.2, 0) is 4.81 Å². The highest BCUT2D eigenvalue weighted by Crippen LogP contribution is 2.22. The molecule has 0 aliphatic heterocycles. The van der Waals surface area contributed by atoms with Gasteiger partial charge in [-0.3, -0.25) is 5.26 Å². The molecule has 0 fully saturated rings. The molecule has 13 heavy (non-hydrogen) atoms. The molecule has 2 N–H and O–H groups in total. The summed E-state index contributed by atoms with van der Waals surface area (Å²) in [6, 6.07) is 3.09. The Kier molecular flexibility index (Phi) is 3.50. The summed E-state index contributed by atoms with van der Waals surface area (Å²) in [4.78, 5) is 7.29. The molecular weight excluding hydrogens is 177 g/mol. The second-order valence-electron chi connectivity index (χ2n) is 2.04. The van der Waals surface area contributed by atoms with Crippen LogP contribution in [0.25, 0.3) is 0 Å². The SMILES string of the molecule is COc1ncccc1OB(O)OO. The fourth-order valence-electron chi connectivity index (χ4n) is 0.749. The average Bonchev–Trinajstić information content (AvgIpc) is 2.18. The number of rotatable bonds is 4. The molecular formula is C6H8BNO5. The summed E-state index contributed by atoms with van der Waals surface area (Å²) in [5.41, 5.74) is 0. The normalized spacial score (nSPS) is 9.46. The van der Waals surface area contributed by atoms with Gasteiger partial charge >= 0.3 is 7.32 Å². The van der Waals surface area contributed by atoms with Crippen molar-refractivity contribution in [2.45, 2.75) is 0 Å². The largest absolute Gasteiger partial charge is 0.739 e. The van der Waals surface area contributed by atoms with Gasteiger partial charge in [0.15, 0.2) is 5.75 Å². The Bertz CT molecular complexity index is 271. The molecule has 1 rings (SSSR count). The first-order chi connectivity index (χ1) is 6.27. The molecule has 0 saturated heterocycles. The molecule has 0 aliphatic rings. The summed E-state index contributed by atoms with van der Waals surface area (Å²) < 4.78 is 9.49. The van der Waals surface area contributed by atoms with Crippen LogP contribution in [0.3, 0.4) is 0 Å². The molecule has 70 valence electrons. The van der Waals surface area contributed by atoms with E-state index in [0.29, 0.717) is 0 Å². The lowest BCUT2D eigenvalue weighted by Crippen LogP contribution is -2.24. The summed E-state index contributed by atoms with van der Waals surface area (Å²) in [6.07, 6.45) is 1.50. The third-order valence-electron chi connectivity index (χ3n) is 1.25. The molecule has 6 nitrogen and oxygen atoms in total. The molecule has 7 heteroatoms. The van der Waals surface area contributed by atoms with Gasteiger partial charge in [-0.25, -0.2) is 9.79 Å². The minimum Gasteiger partial charge on any atom is -0.506 e. The van der Waals surface area contributed by atoms with Crippen LogP contribution in [0.1, 0.15) is 0 Å². The van der Waals surface area contributed by atoms with Crippen LogP contribution in [0, 0.1) is 0 Å². The first kappa shape index (κ1) is 9.78. The summed E-state index contributed by atoms with van der Waals surface area (Å²) in [7, 11) is -0.348. The molecule has 0 bridgehead atoms. The summed E-state index contributed by atoms with van der Waals surface area (Å²) in [6.45, 7) is 0. The number of ether oxygens (including phenoxy) is 1. The van der Waals surface area contributed by atoms with Crippen molar-refractivity contribution in [3.63, 3.8) is 0 Å². The van der Waals surface area contributed by atoms with Gasteiger partial charge in [0.25, 0.3) is 5.88 Å². The zero-order valence-electron chi connectivity index (χ0n) is 6.88. The number of hydrogen-bond acceptors (Lipinski definition) is 6. The van der Waals surface area contributed by atoms with Crippen LogP contribution in [0.4, 0.5) is 0 Å².